The minimum atomic E-state index is -0.335. The minimum Gasteiger partial charge on any atom is -0.384 e. The van der Waals surface area contributed by atoms with Crippen molar-refractivity contribution in [2.75, 3.05) is 11.9 Å². The van der Waals surface area contributed by atoms with E-state index in [0.717, 1.165) is 23.7 Å². The summed E-state index contributed by atoms with van der Waals surface area (Å²) in [4.78, 5) is 10.4. The Bertz CT molecular complexity index is 491. The summed E-state index contributed by atoms with van der Waals surface area (Å²) in [6, 6.07) is 5.03. The highest BCUT2D eigenvalue weighted by Crippen LogP contribution is 2.61. The summed E-state index contributed by atoms with van der Waals surface area (Å²) >= 11 is 0. The maximum atomic E-state index is 10.8. The highest BCUT2D eigenvalue weighted by Gasteiger charge is 2.53. The molecule has 2 saturated carbocycles. The van der Waals surface area contributed by atoms with Crippen LogP contribution >= 0.6 is 0 Å². The number of anilines is 1. The van der Waals surface area contributed by atoms with Crippen LogP contribution in [-0.2, 0) is 0 Å². The van der Waals surface area contributed by atoms with E-state index in [-0.39, 0.29) is 10.6 Å². The van der Waals surface area contributed by atoms with Gasteiger partial charge in [0.05, 0.1) is 4.92 Å². The van der Waals surface area contributed by atoms with Crippen molar-refractivity contribution in [3.05, 3.63) is 33.9 Å². The molecule has 2 fully saturated rings. The average Bonchev–Trinajstić information content (AvgIpc) is 3.20. The Morgan fingerprint density at radius 2 is 2.17 bits per heavy atom. The molecule has 0 radical (unpaired) electrons. The number of benzene rings is 1. The molecule has 0 aliphatic heterocycles. The molecule has 1 aromatic carbocycles. The van der Waals surface area contributed by atoms with Gasteiger partial charge in [-0.1, -0.05) is 6.07 Å². The Kier molecular flexibility index (Phi) is 2.54. The van der Waals surface area contributed by atoms with Gasteiger partial charge in [-0.15, -0.1) is 0 Å². The van der Waals surface area contributed by atoms with Gasteiger partial charge in [0.15, 0.2) is 0 Å². The standard InChI is InChI=1S/C14H18N2O2/c1-10-2-5-12(16(17)18)8-13(10)15-9-14(6-7-14)11-3-4-11/h2,5,8,11,15H,3-4,6-7,9H2,1H3. The number of nitro benzene ring substituents is 1. The topological polar surface area (TPSA) is 55.2 Å². The lowest BCUT2D eigenvalue weighted by molar-refractivity contribution is -0.384. The molecule has 0 heterocycles. The van der Waals surface area contributed by atoms with Crippen LogP contribution in [0.3, 0.4) is 0 Å². The van der Waals surface area contributed by atoms with Crippen LogP contribution in [0.25, 0.3) is 0 Å². The van der Waals surface area contributed by atoms with Gasteiger partial charge in [0.25, 0.3) is 5.69 Å². The molecule has 0 atom stereocenters. The quantitative estimate of drug-likeness (QED) is 0.639. The molecule has 1 aromatic rings. The van der Waals surface area contributed by atoms with E-state index in [1.54, 1.807) is 12.1 Å². The minimum absolute atomic E-state index is 0.166. The van der Waals surface area contributed by atoms with E-state index < -0.39 is 0 Å². The lowest BCUT2D eigenvalue weighted by Crippen LogP contribution is -2.17. The van der Waals surface area contributed by atoms with Crippen molar-refractivity contribution >= 4 is 11.4 Å². The first kappa shape index (κ1) is 11.5. The Hall–Kier alpha value is -1.58. The van der Waals surface area contributed by atoms with Crippen molar-refractivity contribution in [1.82, 2.24) is 0 Å². The molecule has 96 valence electrons. The van der Waals surface area contributed by atoms with Gasteiger partial charge in [0, 0.05) is 24.4 Å². The molecule has 1 N–H and O–H groups in total. The van der Waals surface area contributed by atoms with Gasteiger partial charge in [-0.25, -0.2) is 0 Å². The first-order valence-corrected chi connectivity index (χ1v) is 6.60. The normalized spacial score (nSPS) is 20.5. The van der Waals surface area contributed by atoms with Crippen molar-refractivity contribution in [2.24, 2.45) is 11.3 Å². The molecule has 2 aliphatic carbocycles. The summed E-state index contributed by atoms with van der Waals surface area (Å²) in [7, 11) is 0. The van der Waals surface area contributed by atoms with E-state index in [0.29, 0.717) is 5.41 Å². The Labute approximate surface area is 107 Å². The highest BCUT2D eigenvalue weighted by molar-refractivity contribution is 5.57. The molecule has 18 heavy (non-hydrogen) atoms. The van der Waals surface area contributed by atoms with Gasteiger partial charge in [-0.3, -0.25) is 10.1 Å². The third-order valence-electron chi connectivity index (χ3n) is 4.40. The summed E-state index contributed by atoms with van der Waals surface area (Å²) < 4.78 is 0. The molecule has 0 spiro atoms. The number of hydrogen-bond acceptors (Lipinski definition) is 3. The number of rotatable bonds is 5. The maximum absolute atomic E-state index is 10.8. The van der Waals surface area contributed by atoms with E-state index in [1.807, 2.05) is 13.0 Å². The molecular formula is C14H18N2O2. The number of nitrogens with zero attached hydrogens (tertiary/aromatic N) is 1. The smallest absolute Gasteiger partial charge is 0.271 e. The summed E-state index contributed by atoms with van der Waals surface area (Å²) in [5, 5.41) is 14.2. The summed E-state index contributed by atoms with van der Waals surface area (Å²) in [6.45, 7) is 2.96. The second-order valence-electron chi connectivity index (χ2n) is 5.75. The molecule has 2 aliphatic rings. The molecule has 3 rings (SSSR count). The second-order valence-corrected chi connectivity index (χ2v) is 5.75. The average molecular weight is 246 g/mol. The van der Waals surface area contributed by atoms with Crippen LogP contribution in [-0.4, -0.2) is 11.5 Å². The fourth-order valence-electron chi connectivity index (χ4n) is 2.77. The fraction of sp³-hybridized carbons (Fsp3) is 0.571. The zero-order chi connectivity index (χ0) is 12.8. The zero-order valence-electron chi connectivity index (χ0n) is 10.6. The summed E-state index contributed by atoms with van der Waals surface area (Å²) in [5.74, 6) is 0.906. The number of nitro groups is 1. The number of hydrogen-bond donors (Lipinski definition) is 1. The van der Waals surface area contributed by atoms with Gasteiger partial charge in [-0.05, 0) is 49.5 Å². The van der Waals surface area contributed by atoms with E-state index in [9.17, 15) is 10.1 Å². The molecular weight excluding hydrogens is 228 g/mol. The zero-order valence-corrected chi connectivity index (χ0v) is 10.6. The monoisotopic (exact) mass is 246 g/mol. The molecule has 0 saturated heterocycles. The third kappa shape index (κ3) is 2.07. The van der Waals surface area contributed by atoms with Crippen LogP contribution in [0, 0.1) is 28.4 Å². The van der Waals surface area contributed by atoms with Crippen molar-refractivity contribution in [1.29, 1.82) is 0 Å². The Balaban J connectivity index is 1.71. The largest absolute Gasteiger partial charge is 0.384 e. The number of nitrogens with one attached hydrogen (secondary N) is 1. The lowest BCUT2D eigenvalue weighted by atomic mass is 10.0. The summed E-state index contributed by atoms with van der Waals surface area (Å²) in [6.07, 6.45) is 5.38. The van der Waals surface area contributed by atoms with Gasteiger partial charge in [0.2, 0.25) is 0 Å². The third-order valence-corrected chi connectivity index (χ3v) is 4.40. The molecule has 4 heteroatoms. The van der Waals surface area contributed by atoms with Crippen molar-refractivity contribution in [3.8, 4) is 0 Å². The number of aryl methyl sites for hydroxylation is 1. The molecule has 0 unspecified atom stereocenters. The SMILES string of the molecule is Cc1ccc([N+](=O)[O-])cc1NCC1(C2CC2)CC1. The van der Waals surface area contributed by atoms with E-state index >= 15 is 0 Å². The van der Waals surface area contributed by atoms with Crippen LogP contribution in [0.4, 0.5) is 11.4 Å². The van der Waals surface area contributed by atoms with Crippen LogP contribution < -0.4 is 5.32 Å². The van der Waals surface area contributed by atoms with Crippen LogP contribution in [0.2, 0.25) is 0 Å². The molecule has 0 bridgehead atoms. The van der Waals surface area contributed by atoms with Crippen molar-refractivity contribution < 1.29 is 4.92 Å². The predicted molar refractivity (Wildman–Crippen MR) is 70.7 cm³/mol. The predicted octanol–water partition coefficient (Wildman–Crippen LogP) is 3.51. The van der Waals surface area contributed by atoms with E-state index in [1.165, 1.54) is 25.7 Å². The molecule has 4 nitrogen and oxygen atoms in total. The van der Waals surface area contributed by atoms with Crippen LogP contribution in [0.5, 0.6) is 0 Å². The first-order valence-electron chi connectivity index (χ1n) is 6.60. The Morgan fingerprint density at radius 3 is 2.72 bits per heavy atom. The van der Waals surface area contributed by atoms with Crippen molar-refractivity contribution in [3.63, 3.8) is 0 Å². The van der Waals surface area contributed by atoms with Crippen molar-refractivity contribution in [2.45, 2.75) is 32.6 Å². The van der Waals surface area contributed by atoms with Gasteiger partial charge in [-0.2, -0.15) is 0 Å². The highest BCUT2D eigenvalue weighted by atomic mass is 16.6. The lowest BCUT2D eigenvalue weighted by Gasteiger charge is -2.17. The van der Waals surface area contributed by atoms with Gasteiger partial charge < -0.3 is 5.32 Å². The van der Waals surface area contributed by atoms with Crippen LogP contribution in [0.1, 0.15) is 31.2 Å². The van der Waals surface area contributed by atoms with Gasteiger partial charge >= 0.3 is 0 Å². The van der Waals surface area contributed by atoms with E-state index in [4.69, 9.17) is 0 Å². The fourth-order valence-corrected chi connectivity index (χ4v) is 2.77. The van der Waals surface area contributed by atoms with Gasteiger partial charge in [0.1, 0.15) is 0 Å². The first-order chi connectivity index (χ1) is 8.61. The maximum Gasteiger partial charge on any atom is 0.271 e. The van der Waals surface area contributed by atoms with E-state index in [2.05, 4.69) is 5.32 Å². The summed E-state index contributed by atoms with van der Waals surface area (Å²) in [5.41, 5.74) is 2.67. The molecule has 0 amide bonds. The van der Waals surface area contributed by atoms with Crippen LogP contribution in [0.15, 0.2) is 18.2 Å². The Morgan fingerprint density at radius 1 is 1.44 bits per heavy atom. The number of non-ortho nitro benzene ring substituents is 1. The molecule has 0 aromatic heterocycles. The second kappa shape index (κ2) is 3.97.